The molecule has 120 valence electrons. The monoisotopic (exact) mass is 376 g/mol. The van der Waals surface area contributed by atoms with E-state index in [4.69, 9.17) is 9.47 Å². The van der Waals surface area contributed by atoms with Gasteiger partial charge in [-0.15, -0.1) is 0 Å². The van der Waals surface area contributed by atoms with Crippen molar-refractivity contribution in [1.29, 1.82) is 0 Å². The fourth-order valence-electron chi connectivity index (χ4n) is 2.23. The molecule has 0 radical (unpaired) electrons. The molecule has 1 aromatic carbocycles. The summed E-state index contributed by atoms with van der Waals surface area (Å²) in [6.45, 7) is 3.30. The zero-order chi connectivity index (χ0) is 16.2. The molecule has 6 heteroatoms. The smallest absolute Gasteiger partial charge is 0.257 e. The Hall–Kier alpha value is -1.92. The van der Waals surface area contributed by atoms with Gasteiger partial charge in [0.15, 0.2) is 0 Å². The van der Waals surface area contributed by atoms with Crippen LogP contribution in [-0.2, 0) is 4.74 Å². The largest absolute Gasteiger partial charge is 0.472 e. The van der Waals surface area contributed by atoms with Gasteiger partial charge in [0.25, 0.3) is 5.91 Å². The standard InChI is InChI=1S/C17H17BrN2O3/c1-11-2-4-13(8-15(11)18)20-17(21)12-3-5-16(19-9-12)23-14-6-7-22-10-14/h2-5,8-9,14H,6-7,10H2,1H3,(H,20,21). The summed E-state index contributed by atoms with van der Waals surface area (Å²) in [6, 6.07) is 9.09. The van der Waals surface area contributed by atoms with Crippen LogP contribution in [-0.4, -0.2) is 30.2 Å². The number of carbonyl (C=O) groups excluding carboxylic acids is 1. The van der Waals surface area contributed by atoms with Gasteiger partial charge in [-0.2, -0.15) is 0 Å². The summed E-state index contributed by atoms with van der Waals surface area (Å²) < 4.78 is 11.9. The predicted molar refractivity (Wildman–Crippen MR) is 90.9 cm³/mol. The molecule has 5 nitrogen and oxygen atoms in total. The maximum Gasteiger partial charge on any atom is 0.257 e. The van der Waals surface area contributed by atoms with E-state index in [0.717, 1.165) is 28.8 Å². The number of hydrogen-bond acceptors (Lipinski definition) is 4. The molecule has 2 heterocycles. The molecule has 1 fully saturated rings. The van der Waals surface area contributed by atoms with Gasteiger partial charge in [-0.05, 0) is 30.7 Å². The van der Waals surface area contributed by atoms with Crippen LogP contribution >= 0.6 is 15.9 Å². The molecule has 1 amide bonds. The molecule has 0 aliphatic carbocycles. The van der Waals surface area contributed by atoms with Crippen LogP contribution < -0.4 is 10.1 Å². The minimum absolute atomic E-state index is 0.0482. The summed E-state index contributed by atoms with van der Waals surface area (Å²) in [5, 5.41) is 2.85. The number of rotatable bonds is 4. The van der Waals surface area contributed by atoms with Gasteiger partial charge in [0, 0.05) is 28.8 Å². The Morgan fingerprint density at radius 2 is 2.26 bits per heavy atom. The van der Waals surface area contributed by atoms with Crippen LogP contribution in [0.4, 0.5) is 5.69 Å². The summed E-state index contributed by atoms with van der Waals surface area (Å²) in [5.74, 6) is 0.305. The zero-order valence-electron chi connectivity index (χ0n) is 12.7. The first-order valence-corrected chi connectivity index (χ1v) is 8.19. The predicted octanol–water partition coefficient (Wildman–Crippen LogP) is 3.57. The van der Waals surface area contributed by atoms with E-state index in [-0.39, 0.29) is 12.0 Å². The Bertz CT molecular complexity index is 697. The van der Waals surface area contributed by atoms with Gasteiger partial charge >= 0.3 is 0 Å². The van der Waals surface area contributed by atoms with E-state index in [1.807, 2.05) is 25.1 Å². The third kappa shape index (κ3) is 4.09. The molecule has 23 heavy (non-hydrogen) atoms. The number of anilines is 1. The highest BCUT2D eigenvalue weighted by atomic mass is 79.9. The Kier molecular flexibility index (Phi) is 4.93. The van der Waals surface area contributed by atoms with Crippen molar-refractivity contribution in [2.75, 3.05) is 18.5 Å². The second-order valence-electron chi connectivity index (χ2n) is 5.41. The van der Waals surface area contributed by atoms with Crippen molar-refractivity contribution < 1.29 is 14.3 Å². The van der Waals surface area contributed by atoms with Gasteiger partial charge in [0.1, 0.15) is 6.10 Å². The summed E-state index contributed by atoms with van der Waals surface area (Å²) >= 11 is 3.45. The van der Waals surface area contributed by atoms with E-state index in [0.29, 0.717) is 18.1 Å². The lowest BCUT2D eigenvalue weighted by molar-refractivity contribution is 0.102. The third-order valence-corrected chi connectivity index (χ3v) is 4.46. The fraction of sp³-hybridized carbons (Fsp3) is 0.294. The van der Waals surface area contributed by atoms with Crippen LogP contribution in [0.5, 0.6) is 5.88 Å². The molecule has 1 aliphatic rings. The second kappa shape index (κ2) is 7.10. The van der Waals surface area contributed by atoms with Gasteiger partial charge in [0.05, 0.1) is 18.8 Å². The van der Waals surface area contributed by atoms with Crippen molar-refractivity contribution in [2.24, 2.45) is 0 Å². The third-order valence-electron chi connectivity index (χ3n) is 3.60. The van der Waals surface area contributed by atoms with Crippen molar-refractivity contribution in [1.82, 2.24) is 4.98 Å². The van der Waals surface area contributed by atoms with Crippen molar-refractivity contribution >= 4 is 27.5 Å². The van der Waals surface area contributed by atoms with Gasteiger partial charge in [-0.25, -0.2) is 4.98 Å². The highest BCUT2D eigenvalue weighted by Crippen LogP contribution is 2.21. The summed E-state index contributed by atoms with van der Waals surface area (Å²) in [6.07, 6.45) is 2.43. The highest BCUT2D eigenvalue weighted by molar-refractivity contribution is 9.10. The second-order valence-corrected chi connectivity index (χ2v) is 6.26. The van der Waals surface area contributed by atoms with Gasteiger partial charge < -0.3 is 14.8 Å². The zero-order valence-corrected chi connectivity index (χ0v) is 14.3. The number of ether oxygens (including phenoxy) is 2. The van der Waals surface area contributed by atoms with Gasteiger partial charge in [-0.1, -0.05) is 22.0 Å². The number of nitrogens with zero attached hydrogens (tertiary/aromatic N) is 1. The lowest BCUT2D eigenvalue weighted by Crippen LogP contribution is -2.17. The maximum absolute atomic E-state index is 12.2. The summed E-state index contributed by atoms with van der Waals surface area (Å²) in [4.78, 5) is 16.4. The number of halogens is 1. The molecule has 1 unspecified atom stereocenters. The Balaban J connectivity index is 1.63. The normalized spacial score (nSPS) is 17.0. The molecule has 0 saturated carbocycles. The highest BCUT2D eigenvalue weighted by Gasteiger charge is 2.17. The Labute approximate surface area is 143 Å². The molecule has 0 bridgehead atoms. The van der Waals surface area contributed by atoms with Gasteiger partial charge in [0.2, 0.25) is 5.88 Å². The SMILES string of the molecule is Cc1ccc(NC(=O)c2ccc(OC3CCOC3)nc2)cc1Br. The number of hydrogen-bond donors (Lipinski definition) is 1. The number of amides is 1. The average Bonchev–Trinajstić information content (AvgIpc) is 3.04. The average molecular weight is 377 g/mol. The molecule has 3 rings (SSSR count). The van der Waals surface area contributed by atoms with E-state index in [2.05, 4.69) is 26.2 Å². The molecule has 0 spiro atoms. The topological polar surface area (TPSA) is 60.5 Å². The van der Waals surface area contributed by atoms with E-state index < -0.39 is 0 Å². The van der Waals surface area contributed by atoms with Crippen LogP contribution in [0.15, 0.2) is 41.0 Å². The van der Waals surface area contributed by atoms with Crippen LogP contribution in [0.25, 0.3) is 0 Å². The summed E-state index contributed by atoms with van der Waals surface area (Å²) in [7, 11) is 0. The van der Waals surface area contributed by atoms with Crippen molar-refractivity contribution in [3.05, 3.63) is 52.1 Å². The van der Waals surface area contributed by atoms with Crippen molar-refractivity contribution in [2.45, 2.75) is 19.4 Å². The van der Waals surface area contributed by atoms with E-state index in [1.165, 1.54) is 6.20 Å². The number of aromatic nitrogens is 1. The van der Waals surface area contributed by atoms with Gasteiger partial charge in [-0.3, -0.25) is 4.79 Å². The lowest BCUT2D eigenvalue weighted by Gasteiger charge is -2.11. The van der Waals surface area contributed by atoms with E-state index in [9.17, 15) is 4.79 Å². The number of nitrogens with one attached hydrogen (secondary N) is 1. The first kappa shape index (κ1) is 16.0. The number of carbonyl (C=O) groups is 1. The number of benzene rings is 1. The van der Waals surface area contributed by atoms with Crippen molar-refractivity contribution in [3.8, 4) is 5.88 Å². The molecule has 2 aromatic rings. The van der Waals surface area contributed by atoms with Crippen LogP contribution in [0.3, 0.4) is 0 Å². The van der Waals surface area contributed by atoms with Crippen LogP contribution in [0.1, 0.15) is 22.3 Å². The molecule has 1 N–H and O–H groups in total. The van der Waals surface area contributed by atoms with Crippen LogP contribution in [0, 0.1) is 6.92 Å². The number of aryl methyl sites for hydroxylation is 1. The van der Waals surface area contributed by atoms with E-state index in [1.54, 1.807) is 12.1 Å². The Morgan fingerprint density at radius 3 is 2.91 bits per heavy atom. The molecular weight excluding hydrogens is 360 g/mol. The minimum Gasteiger partial charge on any atom is -0.472 e. The minimum atomic E-state index is -0.205. The molecule has 1 atom stereocenters. The number of pyridine rings is 1. The lowest BCUT2D eigenvalue weighted by atomic mass is 10.2. The molecule has 1 aromatic heterocycles. The molecular formula is C17H17BrN2O3. The first-order valence-electron chi connectivity index (χ1n) is 7.40. The quantitative estimate of drug-likeness (QED) is 0.885. The molecule has 1 saturated heterocycles. The maximum atomic E-state index is 12.2. The first-order chi connectivity index (χ1) is 11.1. The Morgan fingerprint density at radius 1 is 1.39 bits per heavy atom. The fourth-order valence-corrected chi connectivity index (χ4v) is 2.61. The van der Waals surface area contributed by atoms with E-state index >= 15 is 0 Å². The van der Waals surface area contributed by atoms with Crippen LogP contribution in [0.2, 0.25) is 0 Å². The molecule has 1 aliphatic heterocycles. The summed E-state index contributed by atoms with van der Waals surface area (Å²) in [5.41, 5.74) is 2.33. The van der Waals surface area contributed by atoms with Crippen molar-refractivity contribution in [3.63, 3.8) is 0 Å².